The van der Waals surface area contributed by atoms with Gasteiger partial charge in [0.1, 0.15) is 5.82 Å². The van der Waals surface area contributed by atoms with Crippen LogP contribution in [-0.2, 0) is 0 Å². The van der Waals surface area contributed by atoms with Crippen molar-refractivity contribution >= 4 is 12.2 Å². The second-order valence-electron chi connectivity index (χ2n) is 3.24. The van der Waals surface area contributed by atoms with E-state index in [1.807, 2.05) is 0 Å². The summed E-state index contributed by atoms with van der Waals surface area (Å²) in [6.07, 6.45) is 2.05. The highest BCUT2D eigenvalue weighted by Gasteiger charge is 2.11. The van der Waals surface area contributed by atoms with Gasteiger partial charge in [0.2, 0.25) is 0 Å². The van der Waals surface area contributed by atoms with Crippen LogP contribution in [0.2, 0.25) is 0 Å². The van der Waals surface area contributed by atoms with Gasteiger partial charge in [-0.2, -0.15) is 0 Å². The van der Waals surface area contributed by atoms with Crippen LogP contribution in [0.5, 0.6) is 0 Å². The molecule has 0 aliphatic heterocycles. The zero-order valence-electron chi connectivity index (χ0n) is 8.26. The molecule has 0 spiro atoms. The first-order valence-electron chi connectivity index (χ1n) is 4.65. The van der Waals surface area contributed by atoms with Gasteiger partial charge >= 0.3 is 0 Å². The molecule has 4 heteroatoms. The van der Waals surface area contributed by atoms with Gasteiger partial charge in [0.15, 0.2) is 6.29 Å². The number of benzene rings is 1. The lowest BCUT2D eigenvalue weighted by Gasteiger charge is -2.03. The largest absolute Gasteiger partial charge is 0.296 e. The summed E-state index contributed by atoms with van der Waals surface area (Å²) in [5, 5.41) is 0. The molecule has 1 heterocycles. The van der Waals surface area contributed by atoms with E-state index in [4.69, 9.17) is 0 Å². The van der Waals surface area contributed by atoms with Gasteiger partial charge in [0.25, 0.3) is 5.91 Å². The van der Waals surface area contributed by atoms with E-state index in [1.165, 1.54) is 35.0 Å². The van der Waals surface area contributed by atoms with Crippen molar-refractivity contribution in [2.75, 3.05) is 0 Å². The van der Waals surface area contributed by atoms with Gasteiger partial charge < -0.3 is 0 Å². The van der Waals surface area contributed by atoms with Gasteiger partial charge in [-0.1, -0.05) is 6.07 Å². The van der Waals surface area contributed by atoms with Gasteiger partial charge in [-0.3, -0.25) is 14.2 Å². The zero-order valence-corrected chi connectivity index (χ0v) is 8.26. The van der Waals surface area contributed by atoms with Crippen LogP contribution in [0.4, 0.5) is 4.39 Å². The highest BCUT2D eigenvalue weighted by molar-refractivity contribution is 5.98. The van der Waals surface area contributed by atoms with Crippen molar-refractivity contribution in [2.24, 2.45) is 0 Å². The normalized spacial score (nSPS) is 10.1. The Balaban J connectivity index is 2.43. The predicted octanol–water partition coefficient (Wildman–Crippen LogP) is 2.13. The maximum absolute atomic E-state index is 12.9. The van der Waals surface area contributed by atoms with Crippen LogP contribution in [0, 0.1) is 5.82 Å². The maximum Gasteiger partial charge on any atom is 0.262 e. The molecule has 16 heavy (non-hydrogen) atoms. The lowest BCUT2D eigenvalue weighted by atomic mass is 10.2. The van der Waals surface area contributed by atoms with Crippen molar-refractivity contribution in [2.45, 2.75) is 0 Å². The minimum atomic E-state index is -0.481. The Labute approximate surface area is 91.1 Å². The predicted molar refractivity (Wildman–Crippen MR) is 55.9 cm³/mol. The molecular weight excluding hydrogens is 209 g/mol. The van der Waals surface area contributed by atoms with E-state index in [0.717, 1.165) is 6.07 Å². The first-order valence-corrected chi connectivity index (χ1v) is 4.65. The van der Waals surface area contributed by atoms with Crippen molar-refractivity contribution in [3.63, 3.8) is 0 Å². The van der Waals surface area contributed by atoms with E-state index < -0.39 is 11.7 Å². The van der Waals surface area contributed by atoms with Crippen LogP contribution in [0.1, 0.15) is 20.8 Å². The summed E-state index contributed by atoms with van der Waals surface area (Å²) in [5.74, 6) is -0.905. The minimum Gasteiger partial charge on any atom is -0.296 e. The molecule has 0 amide bonds. The summed E-state index contributed by atoms with van der Waals surface area (Å²) in [6, 6.07) is 8.45. The van der Waals surface area contributed by atoms with Crippen LogP contribution in [0.25, 0.3) is 0 Å². The molecular formula is C12H8FNO2. The molecule has 3 nitrogen and oxygen atoms in total. The third-order valence-corrected chi connectivity index (χ3v) is 2.19. The van der Waals surface area contributed by atoms with Crippen LogP contribution < -0.4 is 0 Å². The standard InChI is InChI=1S/C12H8FNO2/c13-10-4-1-3-9(7-10)12(16)14-6-2-5-11(14)8-15/h1-8H. The number of hydrogen-bond acceptors (Lipinski definition) is 2. The summed E-state index contributed by atoms with van der Waals surface area (Å²) in [7, 11) is 0. The Morgan fingerprint density at radius 1 is 1.25 bits per heavy atom. The van der Waals surface area contributed by atoms with Gasteiger partial charge in [-0.25, -0.2) is 4.39 Å². The Bertz CT molecular complexity index is 545. The van der Waals surface area contributed by atoms with E-state index in [1.54, 1.807) is 6.07 Å². The van der Waals surface area contributed by atoms with Crippen LogP contribution in [0.15, 0.2) is 42.6 Å². The van der Waals surface area contributed by atoms with Crippen molar-refractivity contribution < 1.29 is 14.0 Å². The molecule has 0 aliphatic carbocycles. The molecule has 1 aromatic carbocycles. The van der Waals surface area contributed by atoms with Gasteiger partial charge in [-0.15, -0.1) is 0 Å². The first kappa shape index (κ1) is 10.3. The fourth-order valence-corrected chi connectivity index (χ4v) is 1.44. The molecule has 1 aromatic heterocycles. The van der Waals surface area contributed by atoms with Crippen molar-refractivity contribution in [1.82, 2.24) is 4.57 Å². The fourth-order valence-electron chi connectivity index (χ4n) is 1.44. The number of aldehydes is 1. The summed E-state index contributed by atoms with van der Waals surface area (Å²) in [4.78, 5) is 22.5. The van der Waals surface area contributed by atoms with Gasteiger partial charge in [0, 0.05) is 11.8 Å². The third kappa shape index (κ3) is 1.77. The zero-order chi connectivity index (χ0) is 11.5. The highest BCUT2D eigenvalue weighted by Crippen LogP contribution is 2.08. The molecule has 0 fully saturated rings. The third-order valence-electron chi connectivity index (χ3n) is 2.19. The molecule has 80 valence electrons. The van der Waals surface area contributed by atoms with E-state index in [0.29, 0.717) is 6.29 Å². The Kier molecular flexibility index (Phi) is 2.64. The Morgan fingerprint density at radius 2 is 2.06 bits per heavy atom. The molecule has 2 aromatic rings. The number of hydrogen-bond donors (Lipinski definition) is 0. The van der Waals surface area contributed by atoms with Crippen LogP contribution in [-0.4, -0.2) is 16.8 Å². The van der Waals surface area contributed by atoms with Crippen LogP contribution >= 0.6 is 0 Å². The molecule has 0 aliphatic rings. The Morgan fingerprint density at radius 3 is 2.75 bits per heavy atom. The van der Waals surface area contributed by atoms with Crippen LogP contribution in [0.3, 0.4) is 0 Å². The second-order valence-corrected chi connectivity index (χ2v) is 3.24. The topological polar surface area (TPSA) is 39.1 Å². The van der Waals surface area contributed by atoms with E-state index in [-0.39, 0.29) is 11.3 Å². The van der Waals surface area contributed by atoms with E-state index in [9.17, 15) is 14.0 Å². The molecule has 0 saturated carbocycles. The smallest absolute Gasteiger partial charge is 0.262 e. The minimum absolute atomic E-state index is 0.208. The lowest BCUT2D eigenvalue weighted by molar-refractivity contribution is 0.0946. The monoisotopic (exact) mass is 217 g/mol. The summed E-state index contributed by atoms with van der Waals surface area (Å²) in [6.45, 7) is 0. The van der Waals surface area contributed by atoms with Crippen molar-refractivity contribution in [3.8, 4) is 0 Å². The van der Waals surface area contributed by atoms with Crippen molar-refractivity contribution in [1.29, 1.82) is 0 Å². The summed E-state index contributed by atoms with van der Waals surface area (Å²) in [5.41, 5.74) is 0.452. The molecule has 0 saturated heterocycles. The SMILES string of the molecule is O=Cc1cccn1C(=O)c1cccc(F)c1. The quantitative estimate of drug-likeness (QED) is 0.723. The highest BCUT2D eigenvalue weighted by atomic mass is 19.1. The number of halogens is 1. The fraction of sp³-hybridized carbons (Fsp3) is 0. The molecule has 0 radical (unpaired) electrons. The number of nitrogens with zero attached hydrogens (tertiary/aromatic N) is 1. The van der Waals surface area contributed by atoms with Gasteiger partial charge in [0.05, 0.1) is 5.69 Å². The van der Waals surface area contributed by atoms with Gasteiger partial charge in [-0.05, 0) is 30.3 Å². The van der Waals surface area contributed by atoms with Crippen molar-refractivity contribution in [3.05, 3.63) is 59.7 Å². The number of carbonyl (C=O) groups excluding carboxylic acids is 2. The second kappa shape index (κ2) is 4.10. The molecule has 0 atom stereocenters. The maximum atomic E-state index is 12.9. The first-order chi connectivity index (χ1) is 7.72. The van der Waals surface area contributed by atoms with E-state index in [2.05, 4.69) is 0 Å². The summed E-state index contributed by atoms with van der Waals surface area (Å²) < 4.78 is 14.1. The summed E-state index contributed by atoms with van der Waals surface area (Å²) >= 11 is 0. The Hall–Kier alpha value is -2.23. The lowest BCUT2D eigenvalue weighted by Crippen LogP contribution is -2.13. The molecule has 2 rings (SSSR count). The molecule has 0 unspecified atom stereocenters. The molecule has 0 bridgehead atoms. The number of rotatable bonds is 2. The average Bonchev–Trinajstić information content (AvgIpc) is 2.76. The molecule has 0 N–H and O–H groups in total. The van der Waals surface area contributed by atoms with E-state index >= 15 is 0 Å². The number of carbonyl (C=O) groups is 2. The number of aromatic nitrogens is 1. The average molecular weight is 217 g/mol.